The number of rotatable bonds is 4. The Bertz CT molecular complexity index is 637. The Kier molecular flexibility index (Phi) is 4.65. The van der Waals surface area contributed by atoms with E-state index in [1.165, 1.54) is 0 Å². The number of nitrogens with zero attached hydrogens (tertiary/aromatic N) is 1. The van der Waals surface area contributed by atoms with Gasteiger partial charge < -0.3 is 4.43 Å². The second-order valence-electron chi connectivity index (χ2n) is 5.74. The van der Waals surface area contributed by atoms with Crippen molar-refractivity contribution in [3.8, 4) is 0 Å². The summed E-state index contributed by atoms with van der Waals surface area (Å²) < 4.78 is 6.86. The number of hydrogen-bond donors (Lipinski definition) is 0. The van der Waals surface area contributed by atoms with E-state index < -0.39 is 8.32 Å². The third kappa shape index (κ3) is 3.70. The van der Waals surface area contributed by atoms with Crippen molar-refractivity contribution in [3.05, 3.63) is 46.8 Å². The second-order valence-corrected chi connectivity index (χ2v) is 11.1. The highest BCUT2D eigenvalue weighted by molar-refractivity contribution is 9.11. The number of benzene rings is 1. The molecule has 0 aliphatic rings. The molecule has 4 heteroatoms. The summed E-state index contributed by atoms with van der Waals surface area (Å²) in [4.78, 5) is 4.62. The highest BCUT2D eigenvalue weighted by atomic mass is 79.9. The van der Waals surface area contributed by atoms with Gasteiger partial charge in [0.25, 0.3) is 0 Å². The maximum absolute atomic E-state index is 6.09. The molecule has 0 aliphatic carbocycles. The van der Waals surface area contributed by atoms with Crippen LogP contribution in [0.2, 0.25) is 18.6 Å². The third-order valence-electron chi connectivity index (χ3n) is 3.63. The first-order valence-corrected chi connectivity index (χ1v) is 10.6. The molecule has 106 valence electrons. The number of pyridine rings is 1. The van der Waals surface area contributed by atoms with Crippen molar-refractivity contribution < 1.29 is 4.43 Å². The molecule has 0 bridgehead atoms. The predicted octanol–water partition coefficient (Wildman–Crippen LogP) is 5.56. The maximum atomic E-state index is 6.09. The first-order chi connectivity index (χ1) is 9.38. The SMILES string of the molecule is CC(C)[Si](C)(C)OC(Br)=Cc1ccc2ccccc2n1. The molecule has 0 N–H and O–H groups in total. The van der Waals surface area contributed by atoms with Crippen LogP contribution in [0.1, 0.15) is 19.5 Å². The maximum Gasteiger partial charge on any atom is 0.248 e. The molecule has 0 aliphatic heterocycles. The molecule has 0 saturated carbocycles. The van der Waals surface area contributed by atoms with Crippen LogP contribution in [0, 0.1) is 0 Å². The summed E-state index contributed by atoms with van der Waals surface area (Å²) in [6.45, 7) is 8.86. The van der Waals surface area contributed by atoms with Gasteiger partial charge in [-0.2, -0.15) is 0 Å². The summed E-state index contributed by atoms with van der Waals surface area (Å²) in [7, 11) is -1.69. The second kappa shape index (κ2) is 6.10. The monoisotopic (exact) mass is 349 g/mol. The zero-order valence-electron chi connectivity index (χ0n) is 12.4. The zero-order valence-corrected chi connectivity index (χ0v) is 14.9. The number of fused-ring (bicyclic) bond motifs is 1. The summed E-state index contributed by atoms with van der Waals surface area (Å²) in [5.41, 5.74) is 2.47. The Morgan fingerprint density at radius 1 is 1.20 bits per heavy atom. The summed E-state index contributed by atoms with van der Waals surface area (Å²) in [6.07, 6.45) is 1.95. The lowest BCUT2D eigenvalue weighted by atomic mass is 10.2. The molecular formula is C16H20BrNOSi. The molecule has 1 aromatic carbocycles. The van der Waals surface area contributed by atoms with E-state index in [1.807, 2.05) is 30.3 Å². The van der Waals surface area contributed by atoms with Gasteiger partial charge in [-0.05, 0) is 46.7 Å². The Hall–Kier alpha value is -1.13. The molecule has 2 aromatic rings. The Balaban J connectivity index is 2.24. The molecule has 20 heavy (non-hydrogen) atoms. The predicted molar refractivity (Wildman–Crippen MR) is 92.3 cm³/mol. The molecule has 0 saturated heterocycles. The Morgan fingerprint density at radius 3 is 2.60 bits per heavy atom. The standard InChI is InChI=1S/C16H20BrNOSi/c1-12(2)20(3,4)19-16(17)11-14-10-9-13-7-5-6-8-15(13)18-14/h5-12H,1-4H3. The largest absolute Gasteiger partial charge is 0.539 e. The lowest BCUT2D eigenvalue weighted by molar-refractivity contribution is 0.452. The zero-order chi connectivity index (χ0) is 14.8. The van der Waals surface area contributed by atoms with Crippen LogP contribution in [-0.4, -0.2) is 13.3 Å². The van der Waals surface area contributed by atoms with Gasteiger partial charge in [0.2, 0.25) is 8.32 Å². The lowest BCUT2D eigenvalue weighted by Gasteiger charge is -2.27. The van der Waals surface area contributed by atoms with E-state index in [1.54, 1.807) is 0 Å². The van der Waals surface area contributed by atoms with Crippen LogP contribution in [0.25, 0.3) is 17.0 Å². The van der Waals surface area contributed by atoms with Gasteiger partial charge in [-0.25, -0.2) is 4.98 Å². The number of para-hydroxylation sites is 1. The first-order valence-electron chi connectivity index (χ1n) is 6.80. The molecule has 0 fully saturated rings. The van der Waals surface area contributed by atoms with Gasteiger partial charge in [0.05, 0.1) is 11.2 Å². The normalized spacial score (nSPS) is 13.0. The van der Waals surface area contributed by atoms with Crippen LogP contribution < -0.4 is 0 Å². The third-order valence-corrected chi connectivity index (χ3v) is 7.85. The van der Waals surface area contributed by atoms with Crippen molar-refractivity contribution in [1.82, 2.24) is 4.98 Å². The van der Waals surface area contributed by atoms with Crippen LogP contribution in [0.3, 0.4) is 0 Å². The van der Waals surface area contributed by atoms with Gasteiger partial charge in [-0.1, -0.05) is 38.1 Å². The first kappa shape index (κ1) is 15.3. The van der Waals surface area contributed by atoms with E-state index in [0.717, 1.165) is 21.3 Å². The topological polar surface area (TPSA) is 22.1 Å². The van der Waals surface area contributed by atoms with Crippen molar-refractivity contribution >= 4 is 41.2 Å². The van der Waals surface area contributed by atoms with E-state index in [2.05, 4.69) is 60.0 Å². The fourth-order valence-corrected chi connectivity index (χ4v) is 3.96. The highest BCUT2D eigenvalue weighted by Gasteiger charge is 2.29. The minimum atomic E-state index is -1.69. The molecule has 0 radical (unpaired) electrons. The molecule has 1 aromatic heterocycles. The molecule has 0 atom stereocenters. The average Bonchev–Trinajstić information content (AvgIpc) is 2.37. The van der Waals surface area contributed by atoms with Crippen LogP contribution in [0.5, 0.6) is 0 Å². The smallest absolute Gasteiger partial charge is 0.248 e. The molecule has 0 spiro atoms. The fraction of sp³-hybridized carbons (Fsp3) is 0.312. The van der Waals surface area contributed by atoms with Gasteiger partial charge >= 0.3 is 0 Å². The van der Waals surface area contributed by atoms with Crippen LogP contribution in [0.15, 0.2) is 41.1 Å². The fourth-order valence-electron chi connectivity index (χ4n) is 1.68. The van der Waals surface area contributed by atoms with E-state index in [9.17, 15) is 0 Å². The summed E-state index contributed by atoms with van der Waals surface area (Å²) in [5.74, 6) is 0. The van der Waals surface area contributed by atoms with Gasteiger partial charge in [0, 0.05) is 11.5 Å². The molecule has 0 amide bonds. The van der Waals surface area contributed by atoms with Gasteiger partial charge in [0.1, 0.15) is 4.67 Å². The van der Waals surface area contributed by atoms with Crippen LogP contribution in [-0.2, 0) is 4.43 Å². The van der Waals surface area contributed by atoms with E-state index in [0.29, 0.717) is 5.54 Å². The number of hydrogen-bond acceptors (Lipinski definition) is 2. The minimum absolute atomic E-state index is 0.563. The van der Waals surface area contributed by atoms with E-state index >= 15 is 0 Å². The quantitative estimate of drug-likeness (QED) is 0.532. The van der Waals surface area contributed by atoms with Crippen molar-refractivity contribution in [3.63, 3.8) is 0 Å². The lowest BCUT2D eigenvalue weighted by Crippen LogP contribution is -2.32. The number of aromatic nitrogens is 1. The van der Waals surface area contributed by atoms with Crippen molar-refractivity contribution in [2.75, 3.05) is 0 Å². The summed E-state index contributed by atoms with van der Waals surface area (Å²) >= 11 is 3.52. The van der Waals surface area contributed by atoms with E-state index in [-0.39, 0.29) is 0 Å². The highest BCUT2D eigenvalue weighted by Crippen LogP contribution is 2.27. The van der Waals surface area contributed by atoms with Crippen LogP contribution in [0.4, 0.5) is 0 Å². The van der Waals surface area contributed by atoms with Crippen molar-refractivity contribution in [2.24, 2.45) is 0 Å². The Labute approximate surface area is 130 Å². The molecule has 2 nitrogen and oxygen atoms in total. The van der Waals surface area contributed by atoms with Crippen molar-refractivity contribution in [2.45, 2.75) is 32.5 Å². The molecular weight excluding hydrogens is 330 g/mol. The average molecular weight is 350 g/mol. The molecule has 0 unspecified atom stereocenters. The summed E-state index contributed by atoms with van der Waals surface area (Å²) in [5, 5.41) is 1.15. The van der Waals surface area contributed by atoms with E-state index in [4.69, 9.17) is 4.43 Å². The molecule has 1 heterocycles. The number of halogens is 1. The Morgan fingerprint density at radius 2 is 1.90 bits per heavy atom. The van der Waals surface area contributed by atoms with Gasteiger partial charge in [-0.3, -0.25) is 0 Å². The summed E-state index contributed by atoms with van der Waals surface area (Å²) in [6, 6.07) is 12.2. The van der Waals surface area contributed by atoms with Gasteiger partial charge in [-0.15, -0.1) is 0 Å². The van der Waals surface area contributed by atoms with Gasteiger partial charge in [0.15, 0.2) is 0 Å². The molecule has 2 rings (SSSR count). The minimum Gasteiger partial charge on any atom is -0.539 e. The van der Waals surface area contributed by atoms with Crippen LogP contribution >= 0.6 is 15.9 Å². The van der Waals surface area contributed by atoms with Crippen molar-refractivity contribution in [1.29, 1.82) is 0 Å².